The summed E-state index contributed by atoms with van der Waals surface area (Å²) < 4.78 is 1.46. The van der Waals surface area contributed by atoms with E-state index < -0.39 is 11.9 Å². The highest BCUT2D eigenvalue weighted by Gasteiger charge is 2.40. The number of hydrogen-bond acceptors (Lipinski definition) is 6. The molecule has 1 saturated heterocycles. The molecule has 2 aromatic carbocycles. The van der Waals surface area contributed by atoms with Crippen LogP contribution in [0.3, 0.4) is 0 Å². The standard InChI is InChI=1S/C23H20N6O4/c30-20-10-9-19(22(32)25-20)28-12-16-15(23(28)33)7-4-8-18(16)29-13-17(26-27-29)21(31)24-11-14-5-2-1-3-6-14/h1-8,13,19H,9-12H2,(H,24,31)(H,25,30,32). The Balaban J connectivity index is 1.35. The van der Waals surface area contributed by atoms with Gasteiger partial charge in [-0.25, -0.2) is 4.68 Å². The summed E-state index contributed by atoms with van der Waals surface area (Å²) in [5, 5.41) is 13.2. The van der Waals surface area contributed by atoms with E-state index in [1.165, 1.54) is 15.8 Å². The maximum Gasteiger partial charge on any atom is 0.273 e. The molecule has 0 radical (unpaired) electrons. The number of nitrogens with one attached hydrogen (secondary N) is 2. The average Bonchev–Trinajstić information content (AvgIpc) is 3.44. The number of imide groups is 1. The van der Waals surface area contributed by atoms with Gasteiger partial charge in [-0.2, -0.15) is 0 Å². The number of amides is 4. The molecule has 2 aliphatic rings. The van der Waals surface area contributed by atoms with Gasteiger partial charge in [0.1, 0.15) is 6.04 Å². The molecule has 1 fully saturated rings. The summed E-state index contributed by atoms with van der Waals surface area (Å²) in [4.78, 5) is 50.7. The van der Waals surface area contributed by atoms with E-state index in [1.54, 1.807) is 18.2 Å². The number of benzene rings is 2. The Labute approximate surface area is 188 Å². The molecule has 0 aliphatic carbocycles. The van der Waals surface area contributed by atoms with Gasteiger partial charge < -0.3 is 10.2 Å². The molecule has 10 nitrogen and oxygen atoms in total. The number of rotatable bonds is 5. The molecule has 3 heterocycles. The zero-order chi connectivity index (χ0) is 22.9. The number of carbonyl (C=O) groups excluding carboxylic acids is 4. The number of nitrogens with zero attached hydrogens (tertiary/aromatic N) is 4. The van der Waals surface area contributed by atoms with Gasteiger partial charge in [-0.1, -0.05) is 41.6 Å². The predicted molar refractivity (Wildman–Crippen MR) is 115 cm³/mol. The normalized spacial score (nSPS) is 17.6. The van der Waals surface area contributed by atoms with Crippen molar-refractivity contribution >= 4 is 23.6 Å². The Kier molecular flexibility index (Phi) is 5.17. The van der Waals surface area contributed by atoms with E-state index in [-0.39, 0.29) is 42.8 Å². The minimum atomic E-state index is -0.703. The maximum absolute atomic E-state index is 13.0. The van der Waals surface area contributed by atoms with Crippen molar-refractivity contribution < 1.29 is 19.2 Å². The lowest BCUT2D eigenvalue weighted by Gasteiger charge is -2.29. The molecule has 0 saturated carbocycles. The van der Waals surface area contributed by atoms with Crippen LogP contribution in [0.15, 0.2) is 54.7 Å². The van der Waals surface area contributed by atoms with Crippen molar-refractivity contribution in [2.75, 3.05) is 0 Å². The quantitative estimate of drug-likeness (QED) is 0.565. The molecular formula is C23H20N6O4. The molecule has 3 aromatic rings. The summed E-state index contributed by atoms with van der Waals surface area (Å²) in [6.45, 7) is 0.564. The Morgan fingerprint density at radius 1 is 1.09 bits per heavy atom. The lowest BCUT2D eigenvalue weighted by Crippen LogP contribution is -2.52. The maximum atomic E-state index is 13.0. The zero-order valence-corrected chi connectivity index (χ0v) is 17.5. The number of piperidine rings is 1. The van der Waals surface area contributed by atoms with Crippen molar-refractivity contribution in [1.82, 2.24) is 30.5 Å². The molecule has 166 valence electrons. The molecule has 2 N–H and O–H groups in total. The fraction of sp³-hybridized carbons (Fsp3) is 0.217. The topological polar surface area (TPSA) is 126 Å². The fourth-order valence-electron chi connectivity index (χ4n) is 4.14. The van der Waals surface area contributed by atoms with Gasteiger partial charge in [0.2, 0.25) is 11.8 Å². The molecule has 1 aromatic heterocycles. The molecule has 4 amide bonds. The highest BCUT2D eigenvalue weighted by Crippen LogP contribution is 2.31. The Bertz CT molecular complexity index is 1270. The Hall–Kier alpha value is -4.34. The number of aromatic nitrogens is 3. The van der Waals surface area contributed by atoms with E-state index in [0.29, 0.717) is 23.4 Å². The molecule has 1 unspecified atom stereocenters. The summed E-state index contributed by atoms with van der Waals surface area (Å²) >= 11 is 0. The SMILES string of the molecule is O=C1CCC(N2Cc3c(cccc3-n3cc(C(=O)NCc4ccccc4)nn3)C2=O)C(=O)N1. The van der Waals surface area contributed by atoms with Crippen LogP contribution in [0.4, 0.5) is 0 Å². The first-order valence-electron chi connectivity index (χ1n) is 10.5. The number of hydrogen-bond donors (Lipinski definition) is 2. The lowest BCUT2D eigenvalue weighted by atomic mass is 10.0. The van der Waals surface area contributed by atoms with Crippen molar-refractivity contribution in [3.63, 3.8) is 0 Å². The molecular weight excluding hydrogens is 424 g/mol. The van der Waals surface area contributed by atoms with Crippen molar-refractivity contribution in [1.29, 1.82) is 0 Å². The minimum absolute atomic E-state index is 0.148. The summed E-state index contributed by atoms with van der Waals surface area (Å²) in [6.07, 6.45) is 1.98. The van der Waals surface area contributed by atoms with Gasteiger partial charge in [0.25, 0.3) is 11.8 Å². The largest absolute Gasteiger partial charge is 0.347 e. The predicted octanol–water partition coefficient (Wildman–Crippen LogP) is 0.958. The van der Waals surface area contributed by atoms with Crippen molar-refractivity contribution in [3.8, 4) is 5.69 Å². The van der Waals surface area contributed by atoms with Crippen LogP contribution in [0.25, 0.3) is 5.69 Å². The van der Waals surface area contributed by atoms with Crippen LogP contribution in [-0.2, 0) is 22.7 Å². The second-order valence-corrected chi connectivity index (χ2v) is 7.92. The molecule has 10 heteroatoms. The number of carbonyl (C=O) groups is 4. The van der Waals surface area contributed by atoms with Crippen LogP contribution in [0, 0.1) is 0 Å². The van der Waals surface area contributed by atoms with E-state index in [1.807, 2.05) is 30.3 Å². The lowest BCUT2D eigenvalue weighted by molar-refractivity contribution is -0.136. The summed E-state index contributed by atoms with van der Waals surface area (Å²) in [5.41, 5.74) is 2.86. The first-order valence-corrected chi connectivity index (χ1v) is 10.5. The van der Waals surface area contributed by atoms with Gasteiger partial charge in [-0.05, 0) is 24.1 Å². The molecule has 2 aliphatic heterocycles. The van der Waals surface area contributed by atoms with Crippen LogP contribution in [0.5, 0.6) is 0 Å². The van der Waals surface area contributed by atoms with Gasteiger partial charge in [0, 0.05) is 30.6 Å². The van der Waals surface area contributed by atoms with Crippen molar-refractivity contribution in [3.05, 3.63) is 77.1 Å². The van der Waals surface area contributed by atoms with Gasteiger partial charge in [0.15, 0.2) is 5.69 Å². The van der Waals surface area contributed by atoms with Crippen LogP contribution >= 0.6 is 0 Å². The molecule has 1 atom stereocenters. The Morgan fingerprint density at radius 2 is 1.91 bits per heavy atom. The van der Waals surface area contributed by atoms with Crippen LogP contribution < -0.4 is 10.6 Å². The minimum Gasteiger partial charge on any atom is -0.347 e. The molecule has 33 heavy (non-hydrogen) atoms. The van der Waals surface area contributed by atoms with Crippen LogP contribution in [0.1, 0.15) is 44.8 Å². The third kappa shape index (κ3) is 3.86. The van der Waals surface area contributed by atoms with Gasteiger partial charge in [-0.15, -0.1) is 5.10 Å². The van der Waals surface area contributed by atoms with E-state index in [9.17, 15) is 19.2 Å². The van der Waals surface area contributed by atoms with Gasteiger partial charge >= 0.3 is 0 Å². The monoisotopic (exact) mass is 444 g/mol. The van der Waals surface area contributed by atoms with Crippen molar-refractivity contribution in [2.24, 2.45) is 0 Å². The molecule has 0 spiro atoms. The van der Waals surface area contributed by atoms with E-state index in [4.69, 9.17) is 0 Å². The third-order valence-corrected chi connectivity index (χ3v) is 5.83. The van der Waals surface area contributed by atoms with E-state index in [2.05, 4.69) is 20.9 Å². The van der Waals surface area contributed by atoms with Gasteiger partial charge in [0.05, 0.1) is 11.9 Å². The fourth-order valence-corrected chi connectivity index (χ4v) is 4.14. The summed E-state index contributed by atoms with van der Waals surface area (Å²) in [6, 6.07) is 14.0. The zero-order valence-electron chi connectivity index (χ0n) is 17.5. The van der Waals surface area contributed by atoms with Crippen LogP contribution in [0.2, 0.25) is 0 Å². The van der Waals surface area contributed by atoms with Gasteiger partial charge in [-0.3, -0.25) is 24.5 Å². The second-order valence-electron chi connectivity index (χ2n) is 7.92. The smallest absolute Gasteiger partial charge is 0.273 e. The summed E-state index contributed by atoms with van der Waals surface area (Å²) in [7, 11) is 0. The van der Waals surface area contributed by atoms with Crippen LogP contribution in [-0.4, -0.2) is 49.6 Å². The molecule has 5 rings (SSSR count). The molecule has 0 bridgehead atoms. The third-order valence-electron chi connectivity index (χ3n) is 5.83. The number of fused-ring (bicyclic) bond motifs is 1. The van der Waals surface area contributed by atoms with Crippen molar-refractivity contribution in [2.45, 2.75) is 32.0 Å². The second kappa shape index (κ2) is 8.30. The highest BCUT2D eigenvalue weighted by atomic mass is 16.2. The average molecular weight is 444 g/mol. The van der Waals surface area contributed by atoms with E-state index >= 15 is 0 Å². The Morgan fingerprint density at radius 3 is 2.70 bits per heavy atom. The first kappa shape index (κ1) is 20.6. The van der Waals surface area contributed by atoms with E-state index in [0.717, 1.165) is 5.56 Å². The first-order chi connectivity index (χ1) is 16.0. The summed E-state index contributed by atoms with van der Waals surface area (Å²) in [5.74, 6) is -1.44. The highest BCUT2D eigenvalue weighted by molar-refractivity contribution is 6.05.